The van der Waals surface area contributed by atoms with Gasteiger partial charge in [-0.25, -0.2) is 9.78 Å². The summed E-state index contributed by atoms with van der Waals surface area (Å²) in [5.74, 6) is -1.29. The third-order valence-corrected chi connectivity index (χ3v) is 5.02. The first kappa shape index (κ1) is 19.5. The average molecular weight is 417 g/mol. The molecule has 0 saturated carbocycles. The second kappa shape index (κ2) is 6.73. The topological polar surface area (TPSA) is 55.1 Å². The number of benzene rings is 1. The van der Waals surface area contributed by atoms with Gasteiger partial charge in [0.2, 0.25) is 0 Å². The molecule has 4 nitrogen and oxygen atoms in total. The maximum absolute atomic E-state index is 13.1. The van der Waals surface area contributed by atoms with E-state index < -0.39 is 17.7 Å². The molecule has 0 bridgehead atoms. The number of carbonyl (C=O) groups is 1. The van der Waals surface area contributed by atoms with Gasteiger partial charge in [-0.2, -0.15) is 13.2 Å². The van der Waals surface area contributed by atoms with Crippen LogP contribution in [0.2, 0.25) is 10.0 Å². The van der Waals surface area contributed by atoms with Crippen molar-refractivity contribution in [1.29, 1.82) is 0 Å². The lowest BCUT2D eigenvalue weighted by molar-refractivity contribution is -0.137. The Labute approximate surface area is 162 Å². The summed E-state index contributed by atoms with van der Waals surface area (Å²) < 4.78 is 41.0. The third-order valence-electron chi connectivity index (χ3n) is 4.29. The van der Waals surface area contributed by atoms with E-state index in [1.165, 1.54) is 6.20 Å². The average Bonchev–Trinajstić information content (AvgIpc) is 2.87. The van der Waals surface area contributed by atoms with Gasteiger partial charge in [-0.1, -0.05) is 23.2 Å². The zero-order valence-corrected chi connectivity index (χ0v) is 15.7. The van der Waals surface area contributed by atoms with Gasteiger partial charge in [-0.3, -0.25) is 0 Å². The Kier molecular flexibility index (Phi) is 4.86. The quantitative estimate of drug-likeness (QED) is 0.593. The first-order valence-corrected chi connectivity index (χ1v) is 8.49. The number of halogens is 5. The molecule has 0 amide bonds. The van der Waals surface area contributed by atoms with Crippen LogP contribution >= 0.6 is 23.2 Å². The van der Waals surface area contributed by atoms with Crippen molar-refractivity contribution < 1.29 is 23.1 Å². The number of carboxylic acids is 1. The Balaban J connectivity index is 2.18. The smallest absolute Gasteiger partial charge is 0.416 e. The molecule has 2 aromatic heterocycles. The molecule has 0 fully saturated rings. The van der Waals surface area contributed by atoms with Crippen molar-refractivity contribution in [1.82, 2.24) is 9.55 Å². The summed E-state index contributed by atoms with van der Waals surface area (Å²) in [5, 5.41) is 9.71. The summed E-state index contributed by atoms with van der Waals surface area (Å²) in [4.78, 5) is 14.9. The highest BCUT2D eigenvalue weighted by Crippen LogP contribution is 2.36. The van der Waals surface area contributed by atoms with Crippen molar-refractivity contribution in [2.75, 3.05) is 0 Å². The van der Waals surface area contributed by atoms with Gasteiger partial charge < -0.3 is 9.67 Å². The predicted octanol–water partition coefficient (Wildman–Crippen LogP) is 5.73. The zero-order valence-electron chi connectivity index (χ0n) is 14.2. The van der Waals surface area contributed by atoms with Gasteiger partial charge in [-0.15, -0.1) is 0 Å². The largest absolute Gasteiger partial charge is 0.476 e. The van der Waals surface area contributed by atoms with Crippen LogP contribution in [0.15, 0.2) is 24.5 Å². The molecule has 142 valence electrons. The van der Waals surface area contributed by atoms with E-state index in [9.17, 15) is 23.1 Å². The molecular formula is C18H13Cl2F3N2O2. The molecule has 0 unspecified atom stereocenters. The molecule has 3 rings (SSSR count). The number of hydrogen-bond donors (Lipinski definition) is 1. The van der Waals surface area contributed by atoms with Crippen molar-refractivity contribution in [3.63, 3.8) is 0 Å². The summed E-state index contributed by atoms with van der Waals surface area (Å²) in [6, 6.07) is 2.18. The van der Waals surface area contributed by atoms with E-state index in [4.69, 9.17) is 23.2 Å². The van der Waals surface area contributed by atoms with Crippen LogP contribution in [0, 0.1) is 13.8 Å². The summed E-state index contributed by atoms with van der Waals surface area (Å²) in [5.41, 5.74) is 0.969. The number of nitrogens with zero attached hydrogens (tertiary/aromatic N) is 2. The summed E-state index contributed by atoms with van der Waals surface area (Å²) in [7, 11) is 0. The number of hydrogen-bond acceptors (Lipinski definition) is 2. The minimum atomic E-state index is -4.44. The Bertz CT molecular complexity index is 1070. The standard InChI is InChI=1S/C18H13Cl2F3N2O2/c1-8-3-10(18(21,22)23)4-11-9(2)6-25(16(8)11)7-12-13(19)5-24-15(14(12)20)17(26)27/h3-6H,7H2,1-2H3,(H,26,27). The van der Waals surface area contributed by atoms with Gasteiger partial charge in [0.15, 0.2) is 5.69 Å². The summed E-state index contributed by atoms with van der Waals surface area (Å²) in [6.45, 7) is 3.39. The Morgan fingerprint density at radius 1 is 1.22 bits per heavy atom. The first-order chi connectivity index (χ1) is 12.5. The van der Waals surface area contributed by atoms with E-state index in [0.29, 0.717) is 27.6 Å². The van der Waals surface area contributed by atoms with Crippen LogP contribution in [0.25, 0.3) is 10.9 Å². The monoisotopic (exact) mass is 416 g/mol. The van der Waals surface area contributed by atoms with E-state index in [2.05, 4.69) is 4.98 Å². The fourth-order valence-electron chi connectivity index (χ4n) is 3.09. The molecule has 2 heterocycles. The first-order valence-electron chi connectivity index (χ1n) is 7.74. The van der Waals surface area contributed by atoms with Gasteiger partial charge in [-0.05, 0) is 37.1 Å². The number of fused-ring (bicyclic) bond motifs is 1. The van der Waals surface area contributed by atoms with Crippen LogP contribution in [0.3, 0.4) is 0 Å². The minimum Gasteiger partial charge on any atom is -0.476 e. The van der Waals surface area contributed by atoms with E-state index in [1.807, 2.05) is 0 Å². The molecule has 0 aliphatic heterocycles. The summed E-state index contributed by atoms with van der Waals surface area (Å²) in [6.07, 6.45) is -1.56. The normalized spacial score (nSPS) is 12.0. The molecule has 3 aromatic rings. The van der Waals surface area contributed by atoms with E-state index in [-0.39, 0.29) is 22.3 Å². The van der Waals surface area contributed by atoms with Crippen LogP contribution < -0.4 is 0 Å². The molecule has 0 atom stereocenters. The Hall–Kier alpha value is -2.25. The maximum atomic E-state index is 13.1. The SMILES string of the molecule is Cc1cn(Cc2c(Cl)cnc(C(=O)O)c2Cl)c2c(C)cc(C(F)(F)F)cc12. The van der Waals surface area contributed by atoms with Crippen LogP contribution in [0.1, 0.15) is 32.7 Å². The highest BCUT2D eigenvalue weighted by molar-refractivity contribution is 6.37. The zero-order chi connectivity index (χ0) is 20.1. The molecular weight excluding hydrogens is 404 g/mol. The molecule has 1 aromatic carbocycles. The van der Waals surface area contributed by atoms with Crippen molar-refractivity contribution in [2.24, 2.45) is 0 Å². The number of aromatic carboxylic acids is 1. The molecule has 0 radical (unpaired) electrons. The minimum absolute atomic E-state index is 0.0943. The van der Waals surface area contributed by atoms with Crippen molar-refractivity contribution in [3.05, 3.63) is 62.5 Å². The van der Waals surface area contributed by atoms with Crippen molar-refractivity contribution >= 4 is 40.1 Å². The van der Waals surface area contributed by atoms with Crippen LogP contribution in [-0.4, -0.2) is 20.6 Å². The van der Waals surface area contributed by atoms with E-state index in [1.54, 1.807) is 24.6 Å². The Morgan fingerprint density at radius 3 is 2.48 bits per heavy atom. The molecule has 27 heavy (non-hydrogen) atoms. The number of aryl methyl sites for hydroxylation is 2. The van der Waals surface area contributed by atoms with Gasteiger partial charge in [0.25, 0.3) is 0 Å². The number of alkyl halides is 3. The lowest BCUT2D eigenvalue weighted by Crippen LogP contribution is -2.08. The van der Waals surface area contributed by atoms with E-state index >= 15 is 0 Å². The number of carboxylic acid groups (broad SMARTS) is 1. The van der Waals surface area contributed by atoms with Crippen molar-refractivity contribution in [3.8, 4) is 0 Å². The third kappa shape index (κ3) is 3.49. The number of aromatic nitrogens is 2. The predicted molar refractivity (Wildman–Crippen MR) is 96.7 cm³/mol. The fraction of sp³-hybridized carbons (Fsp3) is 0.222. The molecule has 0 saturated heterocycles. The molecule has 0 aliphatic carbocycles. The van der Waals surface area contributed by atoms with Crippen molar-refractivity contribution in [2.45, 2.75) is 26.6 Å². The number of rotatable bonds is 3. The highest BCUT2D eigenvalue weighted by atomic mass is 35.5. The molecule has 9 heteroatoms. The second-order valence-corrected chi connectivity index (χ2v) is 6.96. The molecule has 1 N–H and O–H groups in total. The van der Waals surface area contributed by atoms with Crippen LogP contribution in [0.4, 0.5) is 13.2 Å². The van der Waals surface area contributed by atoms with Gasteiger partial charge >= 0.3 is 12.1 Å². The maximum Gasteiger partial charge on any atom is 0.416 e. The van der Waals surface area contributed by atoms with Gasteiger partial charge in [0, 0.05) is 23.3 Å². The highest BCUT2D eigenvalue weighted by Gasteiger charge is 2.31. The second-order valence-electron chi connectivity index (χ2n) is 6.18. The summed E-state index contributed by atoms with van der Waals surface area (Å²) >= 11 is 12.3. The van der Waals surface area contributed by atoms with E-state index in [0.717, 1.165) is 12.1 Å². The van der Waals surface area contributed by atoms with Gasteiger partial charge in [0.05, 0.1) is 27.7 Å². The fourth-order valence-corrected chi connectivity index (χ4v) is 3.63. The lowest BCUT2D eigenvalue weighted by Gasteiger charge is -2.13. The number of pyridine rings is 1. The van der Waals surface area contributed by atoms with Crippen LogP contribution in [0.5, 0.6) is 0 Å². The molecule has 0 aliphatic rings. The molecule has 0 spiro atoms. The lowest BCUT2D eigenvalue weighted by atomic mass is 10.1. The van der Waals surface area contributed by atoms with Gasteiger partial charge in [0.1, 0.15) is 0 Å². The van der Waals surface area contributed by atoms with Crippen LogP contribution in [-0.2, 0) is 12.7 Å². The Morgan fingerprint density at radius 2 is 1.89 bits per heavy atom.